The van der Waals surface area contributed by atoms with Crippen LogP contribution in [0.2, 0.25) is 0 Å². The lowest BCUT2D eigenvalue weighted by Gasteiger charge is -2.13. The van der Waals surface area contributed by atoms with Gasteiger partial charge in [0.1, 0.15) is 0 Å². The molecule has 0 aliphatic heterocycles. The van der Waals surface area contributed by atoms with Gasteiger partial charge in [0.2, 0.25) is 0 Å². The van der Waals surface area contributed by atoms with Crippen molar-refractivity contribution in [1.29, 1.82) is 0 Å². The van der Waals surface area contributed by atoms with E-state index in [1.54, 1.807) is 11.8 Å². The molecule has 86 valence electrons. The fraction of sp³-hybridized carbons (Fsp3) is 1.00. The second-order valence-electron chi connectivity index (χ2n) is 4.11. The van der Waals surface area contributed by atoms with Crippen molar-refractivity contribution in [2.75, 3.05) is 19.0 Å². The molecule has 0 spiro atoms. The van der Waals surface area contributed by atoms with Gasteiger partial charge in [-0.1, -0.05) is 20.8 Å². The molecule has 2 atom stereocenters. The summed E-state index contributed by atoms with van der Waals surface area (Å²) in [4.78, 5) is 0. The van der Waals surface area contributed by atoms with Crippen LogP contribution in [0.3, 0.4) is 0 Å². The molecule has 0 aromatic heterocycles. The zero-order valence-electron chi connectivity index (χ0n) is 9.82. The van der Waals surface area contributed by atoms with E-state index in [9.17, 15) is 5.11 Å². The molecular formula is C11H24O2S. The maximum absolute atomic E-state index is 9.23. The van der Waals surface area contributed by atoms with Crippen LogP contribution >= 0.6 is 11.8 Å². The number of aliphatic hydroxyl groups is 1. The summed E-state index contributed by atoms with van der Waals surface area (Å²) >= 11 is 1.77. The molecule has 2 unspecified atom stereocenters. The van der Waals surface area contributed by atoms with E-state index < -0.39 is 0 Å². The quantitative estimate of drug-likeness (QED) is 0.638. The van der Waals surface area contributed by atoms with Crippen LogP contribution in [0.4, 0.5) is 0 Å². The molecule has 0 aromatic carbocycles. The van der Waals surface area contributed by atoms with Gasteiger partial charge >= 0.3 is 0 Å². The minimum Gasteiger partial charge on any atom is -0.392 e. The van der Waals surface area contributed by atoms with Crippen LogP contribution < -0.4 is 0 Å². The first-order valence-electron chi connectivity index (χ1n) is 5.41. The van der Waals surface area contributed by atoms with E-state index in [0.29, 0.717) is 5.25 Å². The van der Waals surface area contributed by atoms with Gasteiger partial charge in [-0.2, -0.15) is 11.8 Å². The third-order valence-corrected chi connectivity index (χ3v) is 3.45. The Labute approximate surface area is 92.4 Å². The Balaban J connectivity index is 3.13. The molecule has 14 heavy (non-hydrogen) atoms. The molecule has 0 heterocycles. The van der Waals surface area contributed by atoms with Gasteiger partial charge in [-0.25, -0.2) is 0 Å². The molecule has 0 saturated carbocycles. The molecule has 0 saturated heterocycles. The van der Waals surface area contributed by atoms with Gasteiger partial charge in [0, 0.05) is 17.6 Å². The van der Waals surface area contributed by atoms with Gasteiger partial charge in [-0.15, -0.1) is 0 Å². The van der Waals surface area contributed by atoms with Gasteiger partial charge in [-0.3, -0.25) is 0 Å². The van der Waals surface area contributed by atoms with Crippen LogP contribution in [0.5, 0.6) is 0 Å². The summed E-state index contributed by atoms with van der Waals surface area (Å²) in [5, 5.41) is 9.54. The number of ether oxygens (including phenoxy) is 1. The summed E-state index contributed by atoms with van der Waals surface area (Å²) in [6, 6.07) is 0. The van der Waals surface area contributed by atoms with Gasteiger partial charge in [0.15, 0.2) is 0 Å². The molecule has 0 radical (unpaired) electrons. The van der Waals surface area contributed by atoms with E-state index >= 15 is 0 Å². The van der Waals surface area contributed by atoms with Crippen LogP contribution in [0, 0.1) is 5.92 Å². The predicted molar refractivity (Wildman–Crippen MR) is 63.9 cm³/mol. The van der Waals surface area contributed by atoms with E-state index in [-0.39, 0.29) is 6.10 Å². The maximum atomic E-state index is 9.23. The van der Waals surface area contributed by atoms with Crippen molar-refractivity contribution in [3.8, 4) is 0 Å². The lowest BCUT2D eigenvalue weighted by atomic mass is 10.1. The Morgan fingerprint density at radius 2 is 1.79 bits per heavy atom. The Kier molecular flexibility index (Phi) is 8.73. The van der Waals surface area contributed by atoms with Crippen LogP contribution in [0.15, 0.2) is 0 Å². The Bertz CT molecular complexity index is 126. The minimum atomic E-state index is -0.226. The Hall–Kier alpha value is 0.270. The van der Waals surface area contributed by atoms with Gasteiger partial charge < -0.3 is 9.84 Å². The average molecular weight is 220 g/mol. The average Bonchev–Trinajstić information content (AvgIpc) is 2.09. The molecular weight excluding hydrogens is 196 g/mol. The molecule has 0 bridgehead atoms. The monoisotopic (exact) mass is 220 g/mol. The molecule has 0 amide bonds. The smallest absolute Gasteiger partial charge is 0.0628 e. The second-order valence-corrected chi connectivity index (χ2v) is 5.60. The first kappa shape index (κ1) is 14.3. The Morgan fingerprint density at radius 3 is 2.29 bits per heavy atom. The molecule has 0 aliphatic rings. The zero-order chi connectivity index (χ0) is 11.0. The second kappa shape index (κ2) is 8.57. The Morgan fingerprint density at radius 1 is 1.14 bits per heavy atom. The van der Waals surface area contributed by atoms with Gasteiger partial charge in [0.05, 0.1) is 12.7 Å². The largest absolute Gasteiger partial charge is 0.392 e. The summed E-state index contributed by atoms with van der Waals surface area (Å²) < 4.78 is 5.47. The number of hydrogen-bond acceptors (Lipinski definition) is 3. The van der Waals surface area contributed by atoms with Crippen molar-refractivity contribution in [3.05, 3.63) is 0 Å². The van der Waals surface area contributed by atoms with E-state index in [2.05, 4.69) is 13.8 Å². The summed E-state index contributed by atoms with van der Waals surface area (Å²) in [6.07, 6.45) is 0.909. The molecule has 0 fully saturated rings. The predicted octanol–water partition coefficient (Wildman–Crippen LogP) is 2.55. The van der Waals surface area contributed by atoms with Crippen molar-refractivity contribution in [2.45, 2.75) is 45.5 Å². The fourth-order valence-corrected chi connectivity index (χ4v) is 1.72. The maximum Gasteiger partial charge on any atom is 0.0628 e. The summed E-state index contributed by atoms with van der Waals surface area (Å²) in [5.41, 5.74) is 0. The first-order valence-corrected chi connectivity index (χ1v) is 6.46. The molecule has 1 N–H and O–H groups in total. The van der Waals surface area contributed by atoms with Crippen LogP contribution in [-0.4, -0.2) is 35.4 Å². The normalized spacial score (nSPS) is 15.9. The van der Waals surface area contributed by atoms with E-state index in [1.165, 1.54) is 0 Å². The van der Waals surface area contributed by atoms with E-state index in [1.807, 2.05) is 13.8 Å². The van der Waals surface area contributed by atoms with Crippen molar-refractivity contribution < 1.29 is 9.84 Å². The highest BCUT2D eigenvalue weighted by Crippen LogP contribution is 2.13. The highest BCUT2D eigenvalue weighted by atomic mass is 32.2. The topological polar surface area (TPSA) is 29.5 Å². The summed E-state index contributed by atoms with van der Waals surface area (Å²) in [7, 11) is 0. The number of thioether (sulfide) groups is 1. The standard InChI is InChI=1S/C11H24O2S/c1-9(2)5-6-13-7-8-14-11(4)10(3)12/h9-12H,5-8H2,1-4H3. The highest BCUT2D eigenvalue weighted by Gasteiger charge is 2.07. The number of aliphatic hydroxyl groups excluding tert-OH is 1. The summed E-state index contributed by atoms with van der Waals surface area (Å²) in [5.74, 6) is 1.70. The van der Waals surface area contributed by atoms with Crippen LogP contribution in [-0.2, 0) is 4.74 Å². The lowest BCUT2D eigenvalue weighted by molar-refractivity contribution is 0.138. The SMILES string of the molecule is CC(C)CCOCCSC(C)C(C)O. The molecule has 2 nitrogen and oxygen atoms in total. The van der Waals surface area contributed by atoms with E-state index in [0.717, 1.165) is 31.3 Å². The molecule has 0 aliphatic carbocycles. The zero-order valence-corrected chi connectivity index (χ0v) is 10.6. The molecule has 0 aromatic rings. The third kappa shape index (κ3) is 8.85. The molecule has 3 heteroatoms. The third-order valence-electron chi connectivity index (χ3n) is 2.13. The fourth-order valence-electron chi connectivity index (χ4n) is 0.853. The highest BCUT2D eigenvalue weighted by molar-refractivity contribution is 7.99. The number of hydrogen-bond donors (Lipinski definition) is 1. The van der Waals surface area contributed by atoms with Gasteiger partial charge in [0.25, 0.3) is 0 Å². The van der Waals surface area contributed by atoms with E-state index in [4.69, 9.17) is 4.74 Å². The van der Waals surface area contributed by atoms with Gasteiger partial charge in [-0.05, 0) is 19.3 Å². The van der Waals surface area contributed by atoms with Crippen molar-refractivity contribution in [1.82, 2.24) is 0 Å². The first-order chi connectivity index (χ1) is 6.54. The molecule has 0 rings (SSSR count). The van der Waals surface area contributed by atoms with Crippen molar-refractivity contribution in [3.63, 3.8) is 0 Å². The minimum absolute atomic E-state index is 0.226. The summed E-state index contributed by atoms with van der Waals surface area (Å²) in [6.45, 7) is 9.94. The van der Waals surface area contributed by atoms with Crippen molar-refractivity contribution in [2.24, 2.45) is 5.92 Å². The van der Waals surface area contributed by atoms with Crippen LogP contribution in [0.1, 0.15) is 34.1 Å². The van der Waals surface area contributed by atoms with Crippen LogP contribution in [0.25, 0.3) is 0 Å². The van der Waals surface area contributed by atoms with Crippen molar-refractivity contribution >= 4 is 11.8 Å². The lowest BCUT2D eigenvalue weighted by Crippen LogP contribution is -2.16. The number of rotatable bonds is 8.